The summed E-state index contributed by atoms with van der Waals surface area (Å²) in [5.41, 5.74) is 0.948. The summed E-state index contributed by atoms with van der Waals surface area (Å²) in [5.74, 6) is 0.497. The number of amides is 1. The van der Waals surface area contributed by atoms with Crippen LogP contribution in [0.3, 0.4) is 0 Å². The van der Waals surface area contributed by atoms with E-state index in [0.29, 0.717) is 38.5 Å². The van der Waals surface area contributed by atoms with Crippen LogP contribution >= 0.6 is 46.4 Å². The molecule has 1 amide bonds. The summed E-state index contributed by atoms with van der Waals surface area (Å²) in [4.78, 5) is 12.4. The van der Waals surface area contributed by atoms with E-state index < -0.39 is 6.09 Å². The largest absolute Gasteiger partial charge is 0.417 e. The van der Waals surface area contributed by atoms with Crippen molar-refractivity contribution in [2.75, 3.05) is 5.32 Å². The number of rotatable bonds is 4. The molecule has 5 nitrogen and oxygen atoms in total. The SMILES string of the molecule is CCc1onc(-c2c(Cl)cccc2Cl)c1OC(=O)Nc1cccc(Cl)c1Cl. The molecule has 0 aliphatic heterocycles. The molecule has 0 atom stereocenters. The Morgan fingerprint density at radius 1 is 1.07 bits per heavy atom. The highest BCUT2D eigenvalue weighted by atomic mass is 35.5. The maximum atomic E-state index is 12.4. The molecule has 0 aliphatic rings. The van der Waals surface area contributed by atoms with E-state index >= 15 is 0 Å². The quantitative estimate of drug-likeness (QED) is 0.463. The molecule has 27 heavy (non-hydrogen) atoms. The van der Waals surface area contributed by atoms with Crippen molar-refractivity contribution >= 4 is 58.2 Å². The smallest absolute Gasteiger partial charge is 0.404 e. The van der Waals surface area contributed by atoms with Crippen molar-refractivity contribution in [2.45, 2.75) is 13.3 Å². The zero-order chi connectivity index (χ0) is 19.6. The van der Waals surface area contributed by atoms with Crippen LogP contribution in [0.15, 0.2) is 40.9 Å². The lowest BCUT2D eigenvalue weighted by atomic mass is 10.1. The van der Waals surface area contributed by atoms with Crippen LogP contribution in [-0.2, 0) is 6.42 Å². The Morgan fingerprint density at radius 3 is 2.37 bits per heavy atom. The number of carbonyl (C=O) groups excluding carboxylic acids is 1. The summed E-state index contributed by atoms with van der Waals surface area (Å²) in [6.45, 7) is 1.83. The molecule has 140 valence electrons. The van der Waals surface area contributed by atoms with Crippen molar-refractivity contribution in [1.29, 1.82) is 0 Å². The molecule has 0 radical (unpaired) electrons. The van der Waals surface area contributed by atoms with Crippen LogP contribution in [0.1, 0.15) is 12.7 Å². The lowest BCUT2D eigenvalue weighted by Gasteiger charge is -2.10. The van der Waals surface area contributed by atoms with Crippen LogP contribution in [0.4, 0.5) is 10.5 Å². The van der Waals surface area contributed by atoms with Gasteiger partial charge in [-0.15, -0.1) is 0 Å². The van der Waals surface area contributed by atoms with Crippen molar-refractivity contribution in [3.63, 3.8) is 0 Å². The van der Waals surface area contributed by atoms with Crippen LogP contribution in [0, 0.1) is 0 Å². The molecule has 9 heteroatoms. The average molecular weight is 446 g/mol. The van der Waals surface area contributed by atoms with E-state index in [4.69, 9.17) is 55.7 Å². The minimum atomic E-state index is -0.790. The van der Waals surface area contributed by atoms with E-state index in [0.717, 1.165) is 0 Å². The van der Waals surface area contributed by atoms with Gasteiger partial charge in [0.25, 0.3) is 0 Å². The predicted molar refractivity (Wildman–Crippen MR) is 107 cm³/mol. The Bertz CT molecular complexity index is 984. The third-order valence-corrected chi connectivity index (χ3v) is 5.07. The fourth-order valence-corrected chi connectivity index (χ4v) is 3.28. The first-order valence-corrected chi connectivity index (χ1v) is 9.29. The van der Waals surface area contributed by atoms with Crippen molar-refractivity contribution < 1.29 is 14.1 Å². The second-order valence-electron chi connectivity index (χ2n) is 5.35. The number of nitrogens with zero attached hydrogens (tertiary/aromatic N) is 1. The van der Waals surface area contributed by atoms with E-state index in [9.17, 15) is 4.79 Å². The van der Waals surface area contributed by atoms with Crippen LogP contribution in [0.5, 0.6) is 5.75 Å². The number of carbonyl (C=O) groups is 1. The summed E-state index contributed by atoms with van der Waals surface area (Å²) in [6.07, 6.45) is -0.350. The summed E-state index contributed by atoms with van der Waals surface area (Å²) < 4.78 is 10.7. The van der Waals surface area contributed by atoms with Gasteiger partial charge >= 0.3 is 6.09 Å². The lowest BCUT2D eigenvalue weighted by molar-refractivity contribution is 0.214. The molecule has 0 aliphatic carbocycles. The number of halogens is 4. The van der Waals surface area contributed by atoms with Gasteiger partial charge in [0.1, 0.15) is 0 Å². The third kappa shape index (κ3) is 4.17. The molecule has 1 N–H and O–H groups in total. The molecule has 0 unspecified atom stereocenters. The molecule has 3 rings (SSSR count). The predicted octanol–water partition coefficient (Wildman–Crippen LogP) is 7.13. The second-order valence-corrected chi connectivity index (χ2v) is 6.95. The van der Waals surface area contributed by atoms with E-state index in [1.807, 2.05) is 6.92 Å². The van der Waals surface area contributed by atoms with Crippen molar-refractivity contribution in [1.82, 2.24) is 5.16 Å². The fraction of sp³-hybridized carbons (Fsp3) is 0.111. The highest BCUT2D eigenvalue weighted by Crippen LogP contribution is 2.41. The monoisotopic (exact) mass is 444 g/mol. The van der Waals surface area contributed by atoms with Crippen LogP contribution in [-0.4, -0.2) is 11.2 Å². The number of nitrogens with one attached hydrogen (secondary N) is 1. The Morgan fingerprint density at radius 2 is 1.70 bits per heavy atom. The van der Waals surface area contributed by atoms with E-state index in [1.165, 1.54) is 0 Å². The maximum absolute atomic E-state index is 12.4. The topological polar surface area (TPSA) is 64.4 Å². The number of benzene rings is 2. The molecule has 0 spiro atoms. The van der Waals surface area contributed by atoms with E-state index in [2.05, 4.69) is 10.5 Å². The van der Waals surface area contributed by atoms with Crippen LogP contribution < -0.4 is 10.1 Å². The summed E-state index contributed by atoms with van der Waals surface area (Å²) in [6, 6.07) is 9.85. The third-order valence-electron chi connectivity index (χ3n) is 3.62. The molecule has 0 bridgehead atoms. The Hall–Kier alpha value is -1.92. The summed E-state index contributed by atoms with van der Waals surface area (Å²) in [5, 5.41) is 7.71. The van der Waals surface area contributed by atoms with Crippen LogP contribution in [0.25, 0.3) is 11.3 Å². The summed E-state index contributed by atoms with van der Waals surface area (Å²) in [7, 11) is 0. The molecular weight excluding hydrogens is 434 g/mol. The van der Waals surface area contributed by atoms with Gasteiger partial charge in [0, 0.05) is 12.0 Å². The standard InChI is InChI=1S/C18H12Cl4N2O3/c1-2-13-17(16(24-27-13)14-9(19)5-3-6-10(14)20)26-18(25)23-12-8-4-7-11(21)15(12)22/h3-8H,2H2,1H3,(H,23,25). The molecule has 2 aromatic carbocycles. The van der Waals surface area contributed by atoms with Gasteiger partial charge in [-0.1, -0.05) is 70.6 Å². The van der Waals surface area contributed by atoms with Gasteiger partial charge in [0.2, 0.25) is 5.75 Å². The van der Waals surface area contributed by atoms with E-state index in [-0.39, 0.29) is 16.5 Å². The number of ether oxygens (including phenoxy) is 1. The fourth-order valence-electron chi connectivity index (χ4n) is 2.36. The first-order valence-electron chi connectivity index (χ1n) is 7.78. The highest BCUT2D eigenvalue weighted by molar-refractivity contribution is 6.44. The van der Waals surface area contributed by atoms with Crippen molar-refractivity contribution in [3.8, 4) is 17.0 Å². The van der Waals surface area contributed by atoms with Crippen LogP contribution in [0.2, 0.25) is 20.1 Å². The van der Waals surface area contributed by atoms with E-state index in [1.54, 1.807) is 36.4 Å². The molecular formula is C18H12Cl4N2O3. The molecule has 0 saturated heterocycles. The van der Waals surface area contributed by atoms with Gasteiger partial charge in [0.15, 0.2) is 11.5 Å². The first kappa shape index (κ1) is 19.8. The zero-order valence-corrected chi connectivity index (χ0v) is 16.9. The molecule has 1 aromatic heterocycles. The average Bonchev–Trinajstić information content (AvgIpc) is 3.01. The molecule has 1 heterocycles. The Balaban J connectivity index is 1.94. The summed E-state index contributed by atoms with van der Waals surface area (Å²) >= 11 is 24.5. The van der Waals surface area contributed by atoms with Gasteiger partial charge in [-0.3, -0.25) is 5.32 Å². The molecule has 3 aromatic rings. The minimum Gasteiger partial charge on any atom is -0.404 e. The van der Waals surface area contributed by atoms with Crippen molar-refractivity contribution in [3.05, 3.63) is 62.2 Å². The Kier molecular flexibility index (Phi) is 6.17. The number of aromatic nitrogens is 1. The second kappa shape index (κ2) is 8.40. The zero-order valence-electron chi connectivity index (χ0n) is 13.9. The number of aryl methyl sites for hydroxylation is 1. The van der Waals surface area contributed by atoms with Gasteiger partial charge in [-0.2, -0.15) is 0 Å². The van der Waals surface area contributed by atoms with Crippen molar-refractivity contribution in [2.24, 2.45) is 0 Å². The minimum absolute atomic E-state index is 0.128. The highest BCUT2D eigenvalue weighted by Gasteiger charge is 2.24. The lowest BCUT2D eigenvalue weighted by Crippen LogP contribution is -2.17. The molecule has 0 saturated carbocycles. The molecule has 0 fully saturated rings. The Labute approximate surface area is 175 Å². The van der Waals surface area contributed by atoms with Gasteiger partial charge in [0.05, 0.1) is 25.8 Å². The van der Waals surface area contributed by atoms with Gasteiger partial charge in [-0.05, 0) is 24.3 Å². The van der Waals surface area contributed by atoms with Gasteiger partial charge in [-0.25, -0.2) is 4.79 Å². The first-order chi connectivity index (χ1) is 12.9. The number of hydrogen-bond acceptors (Lipinski definition) is 4. The number of hydrogen-bond donors (Lipinski definition) is 1. The maximum Gasteiger partial charge on any atom is 0.417 e. The number of anilines is 1. The normalized spacial score (nSPS) is 10.7. The van der Waals surface area contributed by atoms with Gasteiger partial charge < -0.3 is 9.26 Å².